The standard InChI is InChI=1S/C94H131N13O25/c1-15-58(8)86(79(127-13)50-83(115)107-40-19-22-74(107)87(128-14)59(9)75(109)47-67(91(121)122)44-61-20-17-16-18-21-61)104(11)90(120)70(56(4)5)49-78(112)85(57(6)7)105(12)94(126)130-52-64-25-23-63(24-26-64)46-76(110)60(10)97-89(119)69(55(2)3)48-77(111)71(99-81(114)53-132-95)35-36-80(113)96-39-42-129-43-41-106-51-73(102-103-106)65-29-31-66(32-30-65)88(118)98-68-33-27-62(28-34-68)45-72(92(123)124)100-93(125)101-82(131-54-108)37-38-84(116)117/h16-18,20-21,23-34,51,54-60,67,69-72,74,79,82,85-87H,15,19,22,35-50,52-53,95H2,1-14H3,(H,96,113)(H,97,119)(H,98,118)(H,99,114)(H,116,117)(H,121,122)(H,123,124)(H2,100,101,125)/t58-,59-,60-,67+,69-,70-,71?,72-,74-,79+,82+,85-,86-,87+/m0/s1. The number of carbonyl (C=O) groups is 16. The number of carboxylic acid groups (broad SMARTS) is 3. The fourth-order valence-corrected chi connectivity index (χ4v) is 16.1. The highest BCUT2D eigenvalue weighted by molar-refractivity contribution is 6.04. The number of Topliss-reactive ketones (excluding diaryl/α,β-unsaturated/α-hetero) is 4. The van der Waals surface area contributed by atoms with Gasteiger partial charge in [-0.05, 0) is 103 Å². The van der Waals surface area contributed by atoms with Crippen molar-refractivity contribution in [2.24, 2.45) is 53.2 Å². The van der Waals surface area contributed by atoms with Gasteiger partial charge in [0.2, 0.25) is 29.5 Å². The highest BCUT2D eigenvalue weighted by atomic mass is 16.6. The predicted molar refractivity (Wildman–Crippen MR) is 482 cm³/mol. The number of nitrogens with zero attached hydrogens (tertiary/aromatic N) is 6. The Morgan fingerprint density at radius 3 is 1.88 bits per heavy atom. The predicted octanol–water partition coefficient (Wildman–Crippen LogP) is 7.34. The first kappa shape index (κ1) is 108. The van der Waals surface area contributed by atoms with Crippen molar-refractivity contribution in [2.75, 3.05) is 66.5 Å². The van der Waals surface area contributed by atoms with Gasteiger partial charge in [0.1, 0.15) is 30.7 Å². The van der Waals surface area contributed by atoms with Crippen LogP contribution in [0.3, 0.4) is 0 Å². The summed E-state index contributed by atoms with van der Waals surface area (Å²) in [4.78, 5) is 220. The molecule has 1 aromatic heterocycles. The summed E-state index contributed by atoms with van der Waals surface area (Å²) in [7, 11) is 6.09. The zero-order valence-corrected chi connectivity index (χ0v) is 77.7. The van der Waals surface area contributed by atoms with Crippen molar-refractivity contribution in [3.05, 3.63) is 137 Å². The fourth-order valence-electron chi connectivity index (χ4n) is 16.1. The number of urea groups is 1. The minimum absolute atomic E-state index is 0.0257. The van der Waals surface area contributed by atoms with Gasteiger partial charge in [0, 0.05) is 121 Å². The number of anilines is 1. The van der Waals surface area contributed by atoms with Crippen LogP contribution >= 0.6 is 0 Å². The molecule has 0 saturated carbocycles. The van der Waals surface area contributed by atoms with Gasteiger partial charge >= 0.3 is 30.0 Å². The second kappa shape index (κ2) is 54.5. The van der Waals surface area contributed by atoms with Crippen molar-refractivity contribution >= 4 is 101 Å². The van der Waals surface area contributed by atoms with Crippen LogP contribution < -0.4 is 37.8 Å². The second-order valence-corrected chi connectivity index (χ2v) is 34.5. The van der Waals surface area contributed by atoms with E-state index < -0.39 is 163 Å². The van der Waals surface area contributed by atoms with E-state index in [2.05, 4.69) is 51.8 Å². The number of likely N-dealkylation sites (tertiary alicyclic amines) is 1. The molecule has 1 unspecified atom stereocenters. The first-order valence-corrected chi connectivity index (χ1v) is 44.5. The Morgan fingerprint density at radius 2 is 1.28 bits per heavy atom. The Balaban J connectivity index is 0.927. The average molecular weight is 1840 g/mol. The summed E-state index contributed by atoms with van der Waals surface area (Å²) in [6.45, 7) is 18.1. The summed E-state index contributed by atoms with van der Waals surface area (Å²) in [5, 5.41) is 52.4. The van der Waals surface area contributed by atoms with E-state index in [9.17, 15) is 86.9 Å². The molecule has 1 aliphatic heterocycles. The lowest BCUT2D eigenvalue weighted by molar-refractivity contribution is -0.149. The van der Waals surface area contributed by atoms with Crippen LogP contribution in [0.2, 0.25) is 0 Å². The van der Waals surface area contributed by atoms with Crippen molar-refractivity contribution in [3.8, 4) is 11.3 Å². The molecule has 38 heteroatoms. The zero-order chi connectivity index (χ0) is 97.6. The quantitative estimate of drug-likeness (QED) is 0.00787. The van der Waals surface area contributed by atoms with Crippen LogP contribution in [0.5, 0.6) is 0 Å². The van der Waals surface area contributed by atoms with E-state index in [4.69, 9.17) is 30.0 Å². The third-order valence-electron chi connectivity index (χ3n) is 23.9. The van der Waals surface area contributed by atoms with Gasteiger partial charge in [-0.15, -0.1) is 5.10 Å². The number of aromatic nitrogens is 3. The molecule has 1 saturated heterocycles. The Kier molecular flexibility index (Phi) is 44.8. The van der Waals surface area contributed by atoms with Crippen molar-refractivity contribution in [1.29, 1.82) is 0 Å². The molecule has 14 atom stereocenters. The number of benzene rings is 4. The molecule has 38 nitrogen and oxygen atoms in total. The topological polar surface area (TPSA) is 528 Å². The molecule has 2 heterocycles. The number of nitrogens with one attached hydrogen (secondary N) is 6. The Hall–Kier alpha value is -12.3. The third kappa shape index (κ3) is 34.2. The summed E-state index contributed by atoms with van der Waals surface area (Å²) in [6.07, 6.45) is -2.20. The number of nitrogens with two attached hydrogens (primary N) is 1. The maximum Gasteiger partial charge on any atom is 0.410 e. The first-order chi connectivity index (χ1) is 62.7. The van der Waals surface area contributed by atoms with Crippen LogP contribution in [-0.2, 0) is 123 Å². The van der Waals surface area contributed by atoms with Crippen LogP contribution in [0.1, 0.15) is 172 Å². The fraction of sp³-hybridized carbons (Fsp3) is 0.553. The number of carboxylic acids is 3. The summed E-state index contributed by atoms with van der Waals surface area (Å²) >= 11 is 0. The number of ketones is 4. The molecule has 1 fully saturated rings. The number of hydrogen-bond acceptors (Lipinski definition) is 25. The van der Waals surface area contributed by atoms with Gasteiger partial charge in [0.25, 0.3) is 12.4 Å². The molecule has 0 spiro atoms. The van der Waals surface area contributed by atoms with Crippen LogP contribution in [0.25, 0.3) is 11.3 Å². The minimum Gasteiger partial charge on any atom is -0.481 e. The van der Waals surface area contributed by atoms with Crippen molar-refractivity contribution in [3.63, 3.8) is 0 Å². The lowest BCUT2D eigenvalue weighted by Gasteiger charge is -2.41. The molecule has 0 aliphatic carbocycles. The minimum atomic E-state index is -1.43. The second-order valence-electron chi connectivity index (χ2n) is 34.5. The van der Waals surface area contributed by atoms with E-state index in [0.717, 1.165) is 5.56 Å². The largest absolute Gasteiger partial charge is 0.481 e. The van der Waals surface area contributed by atoms with E-state index in [1.165, 1.54) is 33.1 Å². The van der Waals surface area contributed by atoms with Gasteiger partial charge in [-0.2, -0.15) is 0 Å². The zero-order valence-electron chi connectivity index (χ0n) is 77.7. The van der Waals surface area contributed by atoms with Crippen LogP contribution in [-0.4, -0.2) is 256 Å². The van der Waals surface area contributed by atoms with Gasteiger partial charge in [-0.3, -0.25) is 67.2 Å². The number of hydrogen-bond donors (Lipinski definition) is 10. The number of ether oxygens (including phenoxy) is 5. The lowest BCUT2D eigenvalue weighted by Crippen LogP contribution is -2.54. The SMILES string of the molecule is CC[C@H](C)[C@@H]([C@@H](CC(=O)N1CCC[C@H]1[C@H](OC)[C@@H](C)C(=O)C[C@@H](Cc1ccccc1)C(=O)O)OC)N(C)C(=O)[C@@H](CC(=O)[C@H](C(C)C)N(C)C(=O)OCc1ccc(CC(=O)[C@H](C)NC(=O)[C@@H](CC(=O)C(CCC(=O)NCCOCCn2cc(-c3ccc(C(=O)Nc4ccc(C[C@H](NC(=O)N[C@@H](CCC(=O)O)OC=O)C(=O)O)cc4)cc3)nn2)NC(=O)CON)C(C)C)cc1)C(C)C. The number of aliphatic carboxylic acids is 3. The van der Waals surface area contributed by atoms with E-state index in [1.54, 1.807) is 135 Å². The van der Waals surface area contributed by atoms with Crippen molar-refractivity contribution < 1.29 is 121 Å². The molecule has 722 valence electrons. The summed E-state index contributed by atoms with van der Waals surface area (Å²) in [5.74, 6) is -7.78. The van der Waals surface area contributed by atoms with E-state index in [0.29, 0.717) is 65.0 Å². The molecular weight excluding hydrogens is 1710 g/mol. The lowest BCUT2D eigenvalue weighted by atomic mass is 9.83. The molecule has 9 amide bonds. The number of methoxy groups -OCH3 is 2. The van der Waals surface area contributed by atoms with Gasteiger partial charge in [0.15, 0.2) is 23.6 Å². The molecular formula is C94H131N13O25. The highest BCUT2D eigenvalue weighted by Crippen LogP contribution is 2.34. The summed E-state index contributed by atoms with van der Waals surface area (Å²) in [6, 6.07) is 21.7. The highest BCUT2D eigenvalue weighted by Gasteiger charge is 2.45. The van der Waals surface area contributed by atoms with Crippen molar-refractivity contribution in [1.82, 2.24) is 56.3 Å². The maximum absolute atomic E-state index is 14.9. The summed E-state index contributed by atoms with van der Waals surface area (Å²) < 4.78 is 29.8. The number of amides is 9. The van der Waals surface area contributed by atoms with E-state index >= 15 is 0 Å². The van der Waals surface area contributed by atoms with Crippen molar-refractivity contribution in [2.45, 2.75) is 227 Å². The van der Waals surface area contributed by atoms with Gasteiger partial charge in [-0.25, -0.2) is 25.0 Å². The van der Waals surface area contributed by atoms with Crippen LogP contribution in [0.4, 0.5) is 15.3 Å². The smallest absolute Gasteiger partial charge is 0.410 e. The normalized spacial score (nSPS) is 15.5. The van der Waals surface area contributed by atoms with E-state index in [-0.39, 0.29) is 145 Å². The number of likely N-dealkylation sites (N-methyl/N-ethyl adjacent to an activating group) is 2. The molecule has 0 bridgehead atoms. The van der Waals surface area contributed by atoms with Gasteiger partial charge < -0.3 is 85.6 Å². The molecule has 0 radical (unpaired) electrons. The van der Waals surface area contributed by atoms with E-state index in [1.807, 2.05) is 58.0 Å². The van der Waals surface area contributed by atoms with Crippen LogP contribution in [0.15, 0.2) is 109 Å². The molecule has 1 aliphatic rings. The van der Waals surface area contributed by atoms with Crippen LogP contribution in [0, 0.1) is 47.3 Å². The summed E-state index contributed by atoms with van der Waals surface area (Å²) in [5.41, 5.74) is 4.25. The molecule has 11 N–H and O–H groups in total. The molecule has 4 aromatic carbocycles. The number of rotatable bonds is 59. The third-order valence-corrected chi connectivity index (χ3v) is 23.9. The monoisotopic (exact) mass is 1840 g/mol. The number of carbonyl (C=O) groups excluding carboxylic acids is 13. The van der Waals surface area contributed by atoms with Gasteiger partial charge in [0.05, 0.1) is 87.1 Å². The molecule has 6 rings (SSSR count). The average Bonchev–Trinajstić information content (AvgIpc) is 1.52. The Labute approximate surface area is 769 Å². The Bertz CT molecular complexity index is 4670. The maximum atomic E-state index is 14.9. The first-order valence-electron chi connectivity index (χ1n) is 44.5. The van der Waals surface area contributed by atoms with Gasteiger partial charge in [-0.1, -0.05) is 153 Å². The molecule has 5 aromatic rings. The molecule has 132 heavy (non-hydrogen) atoms. The Morgan fingerprint density at radius 1 is 0.636 bits per heavy atom.